The van der Waals surface area contributed by atoms with E-state index in [1.807, 2.05) is 38.1 Å². The van der Waals surface area contributed by atoms with Crippen LogP contribution in [-0.4, -0.2) is 51.0 Å². The zero-order chi connectivity index (χ0) is 20.5. The van der Waals surface area contributed by atoms with Gasteiger partial charge in [0.05, 0.1) is 17.5 Å². The Morgan fingerprint density at radius 1 is 1.24 bits per heavy atom. The van der Waals surface area contributed by atoms with E-state index in [1.54, 1.807) is 11.8 Å². The second-order valence-corrected chi connectivity index (χ2v) is 7.06. The molecule has 1 aliphatic heterocycles. The number of methoxy groups -OCH3 is 1. The minimum Gasteiger partial charge on any atom is -0.382 e. The first kappa shape index (κ1) is 18.8. The maximum atomic E-state index is 9.64. The van der Waals surface area contributed by atoms with Crippen molar-refractivity contribution in [2.45, 2.75) is 26.4 Å². The van der Waals surface area contributed by atoms with Crippen molar-refractivity contribution >= 4 is 11.6 Å². The highest BCUT2D eigenvalue weighted by atomic mass is 16.5. The van der Waals surface area contributed by atoms with Gasteiger partial charge in [0.1, 0.15) is 29.0 Å². The molecule has 1 atom stereocenters. The summed E-state index contributed by atoms with van der Waals surface area (Å²) in [6.45, 7) is 5.45. The summed E-state index contributed by atoms with van der Waals surface area (Å²) >= 11 is 0. The van der Waals surface area contributed by atoms with Crippen LogP contribution in [0.25, 0.3) is 17.3 Å². The lowest BCUT2D eigenvalue weighted by Crippen LogP contribution is -2.23. The summed E-state index contributed by atoms with van der Waals surface area (Å²) in [4.78, 5) is 15.8. The van der Waals surface area contributed by atoms with Crippen LogP contribution in [0, 0.1) is 25.2 Å². The summed E-state index contributed by atoms with van der Waals surface area (Å²) in [5.41, 5.74) is 8.98. The Morgan fingerprint density at radius 2 is 2.07 bits per heavy atom. The second kappa shape index (κ2) is 7.48. The molecule has 0 aliphatic carbocycles. The molecule has 3 aromatic rings. The minimum atomic E-state index is 0.105. The number of hydrogen-bond donors (Lipinski definition) is 1. The minimum absolute atomic E-state index is 0.105. The van der Waals surface area contributed by atoms with Crippen LogP contribution in [0.3, 0.4) is 0 Å². The summed E-state index contributed by atoms with van der Waals surface area (Å²) < 4.78 is 7.06. The van der Waals surface area contributed by atoms with E-state index in [-0.39, 0.29) is 17.5 Å². The Hall–Kier alpha value is -3.51. The SMILES string of the molecule is COC1CCN(c2cccc(-c3nc(-n4nc(C)cc4C)nc(N)c3C#N)n2)C1. The molecular formula is C20H22N8O. The van der Waals surface area contributed by atoms with Crippen molar-refractivity contribution in [2.24, 2.45) is 0 Å². The Labute approximate surface area is 168 Å². The van der Waals surface area contributed by atoms with Gasteiger partial charge in [-0.15, -0.1) is 0 Å². The summed E-state index contributed by atoms with van der Waals surface area (Å²) in [7, 11) is 1.72. The highest BCUT2D eigenvalue weighted by Crippen LogP contribution is 2.27. The van der Waals surface area contributed by atoms with Gasteiger partial charge in [-0.1, -0.05) is 6.07 Å². The molecule has 3 aromatic heterocycles. The van der Waals surface area contributed by atoms with Crippen molar-refractivity contribution in [3.63, 3.8) is 0 Å². The molecule has 0 bridgehead atoms. The number of anilines is 2. The van der Waals surface area contributed by atoms with Crippen molar-refractivity contribution < 1.29 is 4.74 Å². The highest BCUT2D eigenvalue weighted by Gasteiger charge is 2.24. The number of aryl methyl sites for hydroxylation is 2. The number of nitriles is 1. The fourth-order valence-electron chi connectivity index (χ4n) is 3.55. The zero-order valence-corrected chi connectivity index (χ0v) is 16.6. The number of nitrogens with zero attached hydrogens (tertiary/aromatic N) is 7. The number of ether oxygens (including phenoxy) is 1. The largest absolute Gasteiger partial charge is 0.382 e. The third-order valence-electron chi connectivity index (χ3n) is 5.02. The topological polar surface area (TPSA) is 119 Å². The Balaban J connectivity index is 1.79. The van der Waals surface area contributed by atoms with Gasteiger partial charge in [-0.3, -0.25) is 0 Å². The van der Waals surface area contributed by atoms with E-state index in [4.69, 9.17) is 15.5 Å². The number of aromatic nitrogens is 5. The predicted octanol–water partition coefficient (Wildman–Crippen LogP) is 2.02. The molecule has 1 aliphatic rings. The van der Waals surface area contributed by atoms with Crippen LogP contribution in [0.5, 0.6) is 0 Å². The van der Waals surface area contributed by atoms with Gasteiger partial charge in [0, 0.05) is 25.9 Å². The molecule has 0 aromatic carbocycles. The molecule has 4 rings (SSSR count). The van der Waals surface area contributed by atoms with E-state index >= 15 is 0 Å². The average Bonchev–Trinajstić information content (AvgIpc) is 3.33. The monoisotopic (exact) mass is 390 g/mol. The van der Waals surface area contributed by atoms with E-state index in [9.17, 15) is 5.26 Å². The van der Waals surface area contributed by atoms with E-state index in [0.717, 1.165) is 36.7 Å². The molecule has 1 saturated heterocycles. The standard InChI is InChI=1S/C20H22N8O/c1-12-9-13(2)28(26-12)20-24-18(15(10-21)19(22)25-20)16-5-4-6-17(23-16)27-8-7-14(11-27)29-3/h4-6,9,14H,7-8,11H2,1-3H3,(H2,22,24,25). The van der Waals surface area contributed by atoms with Gasteiger partial charge in [-0.2, -0.15) is 15.3 Å². The zero-order valence-electron chi connectivity index (χ0n) is 16.6. The normalized spacial score (nSPS) is 16.2. The molecule has 0 spiro atoms. The van der Waals surface area contributed by atoms with E-state index in [1.165, 1.54) is 0 Å². The molecule has 148 valence electrons. The third-order valence-corrected chi connectivity index (χ3v) is 5.02. The molecular weight excluding hydrogens is 368 g/mol. The van der Waals surface area contributed by atoms with Gasteiger partial charge in [0.25, 0.3) is 5.95 Å². The van der Waals surface area contributed by atoms with Crippen molar-refractivity contribution in [1.82, 2.24) is 24.7 Å². The number of pyridine rings is 1. The first-order valence-electron chi connectivity index (χ1n) is 9.36. The predicted molar refractivity (Wildman–Crippen MR) is 109 cm³/mol. The molecule has 0 amide bonds. The Morgan fingerprint density at radius 3 is 2.72 bits per heavy atom. The van der Waals surface area contributed by atoms with Gasteiger partial charge >= 0.3 is 0 Å². The van der Waals surface area contributed by atoms with Crippen LogP contribution in [-0.2, 0) is 4.74 Å². The smallest absolute Gasteiger partial charge is 0.253 e. The molecule has 1 unspecified atom stereocenters. The van der Waals surface area contributed by atoms with Gasteiger partial charge in [-0.25, -0.2) is 14.6 Å². The summed E-state index contributed by atoms with van der Waals surface area (Å²) in [5, 5.41) is 14.1. The summed E-state index contributed by atoms with van der Waals surface area (Å²) in [5.74, 6) is 1.23. The molecule has 2 N–H and O–H groups in total. The maximum Gasteiger partial charge on any atom is 0.253 e. The van der Waals surface area contributed by atoms with Gasteiger partial charge in [0.2, 0.25) is 0 Å². The Bertz CT molecular complexity index is 1100. The molecule has 29 heavy (non-hydrogen) atoms. The van der Waals surface area contributed by atoms with Crippen LogP contribution in [0.1, 0.15) is 23.4 Å². The van der Waals surface area contributed by atoms with Crippen molar-refractivity contribution in [3.05, 3.63) is 41.2 Å². The molecule has 4 heterocycles. The van der Waals surface area contributed by atoms with Gasteiger partial charge < -0.3 is 15.4 Å². The average molecular weight is 390 g/mol. The lowest BCUT2D eigenvalue weighted by atomic mass is 10.1. The van der Waals surface area contributed by atoms with E-state index in [2.05, 4.69) is 26.0 Å². The molecule has 9 heteroatoms. The molecule has 9 nitrogen and oxygen atoms in total. The first-order chi connectivity index (χ1) is 14.0. The summed E-state index contributed by atoms with van der Waals surface area (Å²) in [6, 6.07) is 9.71. The number of rotatable bonds is 4. The van der Waals surface area contributed by atoms with Crippen LogP contribution < -0.4 is 10.6 Å². The van der Waals surface area contributed by atoms with Crippen LogP contribution >= 0.6 is 0 Å². The van der Waals surface area contributed by atoms with Crippen LogP contribution in [0.15, 0.2) is 24.3 Å². The molecule has 0 saturated carbocycles. The molecule has 0 radical (unpaired) electrons. The number of hydrogen-bond acceptors (Lipinski definition) is 8. The summed E-state index contributed by atoms with van der Waals surface area (Å²) in [6.07, 6.45) is 1.15. The quantitative estimate of drug-likeness (QED) is 0.719. The number of nitrogens with two attached hydrogens (primary N) is 1. The fourth-order valence-corrected chi connectivity index (χ4v) is 3.55. The molecule has 1 fully saturated rings. The van der Waals surface area contributed by atoms with E-state index in [0.29, 0.717) is 17.3 Å². The van der Waals surface area contributed by atoms with Crippen molar-refractivity contribution in [2.75, 3.05) is 30.8 Å². The maximum absolute atomic E-state index is 9.64. The van der Waals surface area contributed by atoms with E-state index < -0.39 is 0 Å². The second-order valence-electron chi connectivity index (χ2n) is 7.06. The van der Waals surface area contributed by atoms with Crippen LogP contribution in [0.4, 0.5) is 11.6 Å². The lowest BCUT2D eigenvalue weighted by molar-refractivity contribution is 0.121. The third kappa shape index (κ3) is 3.50. The number of nitrogen functional groups attached to an aromatic ring is 1. The van der Waals surface area contributed by atoms with Gasteiger partial charge in [0.15, 0.2) is 0 Å². The fraction of sp³-hybridized carbons (Fsp3) is 0.350. The van der Waals surface area contributed by atoms with Crippen molar-refractivity contribution in [3.8, 4) is 23.4 Å². The van der Waals surface area contributed by atoms with Crippen LogP contribution in [0.2, 0.25) is 0 Å². The highest BCUT2D eigenvalue weighted by molar-refractivity contribution is 5.71. The Kier molecular flexibility index (Phi) is 4.86. The lowest BCUT2D eigenvalue weighted by Gasteiger charge is -2.18. The van der Waals surface area contributed by atoms with Crippen molar-refractivity contribution in [1.29, 1.82) is 5.26 Å². The van der Waals surface area contributed by atoms with Gasteiger partial charge in [-0.05, 0) is 38.5 Å². The first-order valence-corrected chi connectivity index (χ1v) is 9.36.